The molecule has 2 N–H and O–H groups in total. The van der Waals surface area contributed by atoms with Gasteiger partial charge in [0.05, 0.1) is 30.1 Å². The Morgan fingerprint density at radius 2 is 2.40 bits per heavy atom. The van der Waals surface area contributed by atoms with Crippen LogP contribution in [0.15, 0.2) is 30.6 Å². The highest BCUT2D eigenvalue weighted by atomic mass is 35.5. The number of hydrogen-bond acceptors (Lipinski definition) is 4. The number of nitrogens with one attached hydrogen (secondary N) is 1. The molecule has 0 spiro atoms. The molecule has 2 heterocycles. The lowest BCUT2D eigenvalue weighted by Crippen LogP contribution is -2.47. The van der Waals surface area contributed by atoms with Gasteiger partial charge in [0.1, 0.15) is 0 Å². The topological polar surface area (TPSA) is 85.6 Å². The summed E-state index contributed by atoms with van der Waals surface area (Å²) in [6.07, 6.45) is 2.49. The number of hydrogen-bond donors (Lipinski definition) is 2. The molecule has 3 rings (SSSR count). The van der Waals surface area contributed by atoms with Gasteiger partial charge >= 0.3 is 6.09 Å². The fraction of sp³-hybridized carbons (Fsp3) is 0.375. The van der Waals surface area contributed by atoms with Crippen molar-refractivity contribution in [1.29, 1.82) is 0 Å². The molecule has 9 heteroatoms. The third-order valence-corrected chi connectivity index (χ3v) is 4.16. The van der Waals surface area contributed by atoms with Crippen LogP contribution < -0.4 is 10.1 Å². The largest absolute Gasteiger partial charge is 0.490 e. The zero-order valence-electron chi connectivity index (χ0n) is 13.2. The van der Waals surface area contributed by atoms with Crippen molar-refractivity contribution in [2.75, 3.05) is 19.8 Å². The molecule has 0 radical (unpaired) electrons. The third-order valence-electron chi connectivity index (χ3n) is 3.97. The summed E-state index contributed by atoms with van der Waals surface area (Å²) in [5.74, 6) is -0.640. The fourth-order valence-corrected chi connectivity index (χ4v) is 2.83. The van der Waals surface area contributed by atoms with Gasteiger partial charge in [-0.1, -0.05) is 11.6 Å². The Balaban J connectivity index is 1.65. The van der Waals surface area contributed by atoms with Crippen molar-refractivity contribution in [3.05, 3.63) is 41.4 Å². The standard InChI is InChI=1S/C16H17ClFN3O4/c17-11-6-19-21(7-11)12-1-2-15(13(18)5-12)25-9-10-8-24-4-3-14(10)20-16(22)23/h1-2,5-7,10,14,20H,3-4,8-9H2,(H,22,23)/t10-,14+/m1/s1. The Morgan fingerprint density at radius 3 is 3.08 bits per heavy atom. The normalized spacial score (nSPS) is 20.2. The first kappa shape index (κ1) is 17.5. The minimum atomic E-state index is -1.09. The molecule has 1 amide bonds. The lowest BCUT2D eigenvalue weighted by Gasteiger charge is -2.31. The van der Waals surface area contributed by atoms with E-state index in [2.05, 4.69) is 10.4 Å². The van der Waals surface area contributed by atoms with Crippen LogP contribution >= 0.6 is 11.6 Å². The number of rotatable bonds is 5. The van der Waals surface area contributed by atoms with Crippen molar-refractivity contribution in [2.24, 2.45) is 5.92 Å². The average Bonchev–Trinajstić information content (AvgIpc) is 3.01. The summed E-state index contributed by atoms with van der Waals surface area (Å²) in [4.78, 5) is 10.8. The van der Waals surface area contributed by atoms with E-state index in [4.69, 9.17) is 26.2 Å². The summed E-state index contributed by atoms with van der Waals surface area (Å²) < 4.78 is 26.6. The number of nitrogens with zero attached hydrogens (tertiary/aromatic N) is 2. The molecule has 1 aromatic carbocycles. The van der Waals surface area contributed by atoms with Crippen LogP contribution in [0.5, 0.6) is 5.75 Å². The summed E-state index contributed by atoms with van der Waals surface area (Å²) in [5.41, 5.74) is 0.517. The zero-order valence-corrected chi connectivity index (χ0v) is 13.9. The molecule has 7 nitrogen and oxygen atoms in total. The van der Waals surface area contributed by atoms with E-state index in [9.17, 15) is 9.18 Å². The van der Waals surface area contributed by atoms with E-state index < -0.39 is 11.9 Å². The molecule has 25 heavy (non-hydrogen) atoms. The second kappa shape index (κ2) is 7.71. The van der Waals surface area contributed by atoms with Gasteiger partial charge in [-0.25, -0.2) is 13.9 Å². The van der Waals surface area contributed by atoms with Crippen LogP contribution in [-0.4, -0.2) is 46.8 Å². The fourth-order valence-electron chi connectivity index (χ4n) is 2.70. The number of carboxylic acid groups (broad SMARTS) is 1. The van der Waals surface area contributed by atoms with Gasteiger partial charge < -0.3 is 19.9 Å². The first-order chi connectivity index (χ1) is 12.0. The summed E-state index contributed by atoms with van der Waals surface area (Å²) in [6, 6.07) is 4.18. The molecule has 1 saturated heterocycles. The second-order valence-electron chi connectivity index (χ2n) is 5.71. The van der Waals surface area contributed by atoms with Gasteiger partial charge in [0.15, 0.2) is 11.6 Å². The van der Waals surface area contributed by atoms with E-state index in [0.29, 0.717) is 30.3 Å². The van der Waals surface area contributed by atoms with Gasteiger partial charge in [0.2, 0.25) is 0 Å². The maximum Gasteiger partial charge on any atom is 0.404 e. The monoisotopic (exact) mass is 369 g/mol. The van der Waals surface area contributed by atoms with Crippen molar-refractivity contribution in [1.82, 2.24) is 15.1 Å². The Kier molecular flexibility index (Phi) is 5.40. The molecule has 1 fully saturated rings. The van der Waals surface area contributed by atoms with Crippen LogP contribution in [0.25, 0.3) is 5.69 Å². The molecule has 0 bridgehead atoms. The molecular weight excluding hydrogens is 353 g/mol. The van der Waals surface area contributed by atoms with E-state index in [1.807, 2.05) is 0 Å². The summed E-state index contributed by atoms with van der Waals surface area (Å²) in [7, 11) is 0. The molecule has 0 saturated carbocycles. The van der Waals surface area contributed by atoms with Crippen molar-refractivity contribution >= 4 is 17.7 Å². The van der Waals surface area contributed by atoms with E-state index in [1.54, 1.807) is 12.3 Å². The van der Waals surface area contributed by atoms with E-state index in [0.717, 1.165) is 0 Å². The van der Waals surface area contributed by atoms with Crippen LogP contribution in [0.1, 0.15) is 6.42 Å². The van der Waals surface area contributed by atoms with Crippen LogP contribution in [0.2, 0.25) is 5.02 Å². The number of carbonyl (C=O) groups is 1. The number of ether oxygens (including phenoxy) is 2. The van der Waals surface area contributed by atoms with Gasteiger partial charge in [-0.2, -0.15) is 5.10 Å². The Hall–Kier alpha value is -2.32. The third kappa shape index (κ3) is 4.40. The number of benzene rings is 1. The predicted molar refractivity (Wildman–Crippen MR) is 87.9 cm³/mol. The van der Waals surface area contributed by atoms with Crippen molar-refractivity contribution < 1.29 is 23.8 Å². The minimum Gasteiger partial charge on any atom is -0.490 e. The maximum atomic E-state index is 14.3. The van der Waals surface area contributed by atoms with Crippen molar-refractivity contribution in [3.8, 4) is 11.4 Å². The summed E-state index contributed by atoms with van der Waals surface area (Å²) in [6.45, 7) is 0.988. The highest BCUT2D eigenvalue weighted by Gasteiger charge is 2.28. The number of halogens is 2. The Bertz CT molecular complexity index is 755. The predicted octanol–water partition coefficient (Wildman–Crippen LogP) is 2.72. The molecule has 1 aliphatic heterocycles. The lowest BCUT2D eigenvalue weighted by atomic mass is 9.97. The highest BCUT2D eigenvalue weighted by molar-refractivity contribution is 6.30. The van der Waals surface area contributed by atoms with Gasteiger partial charge in [-0.3, -0.25) is 0 Å². The van der Waals surface area contributed by atoms with E-state index >= 15 is 0 Å². The van der Waals surface area contributed by atoms with E-state index in [-0.39, 0.29) is 24.3 Å². The highest BCUT2D eigenvalue weighted by Crippen LogP contribution is 2.23. The molecule has 0 unspecified atom stereocenters. The quantitative estimate of drug-likeness (QED) is 0.846. The molecule has 1 aromatic heterocycles. The molecular formula is C16H17ClFN3O4. The maximum absolute atomic E-state index is 14.3. The minimum absolute atomic E-state index is 0.0849. The van der Waals surface area contributed by atoms with Crippen LogP contribution in [0.4, 0.5) is 9.18 Å². The SMILES string of the molecule is O=C(O)N[C@H]1CCOC[C@@H]1COc1ccc(-n2cc(Cl)cn2)cc1F. The Morgan fingerprint density at radius 1 is 1.56 bits per heavy atom. The smallest absolute Gasteiger partial charge is 0.404 e. The Labute approximate surface area is 148 Å². The summed E-state index contributed by atoms with van der Waals surface area (Å²) >= 11 is 5.81. The van der Waals surface area contributed by atoms with Crippen LogP contribution in [-0.2, 0) is 4.74 Å². The number of aromatic nitrogens is 2. The van der Waals surface area contributed by atoms with Crippen LogP contribution in [0, 0.1) is 11.7 Å². The molecule has 134 valence electrons. The van der Waals surface area contributed by atoms with Gasteiger partial charge in [-0.15, -0.1) is 0 Å². The zero-order chi connectivity index (χ0) is 17.8. The number of amides is 1. The average molecular weight is 370 g/mol. The van der Waals surface area contributed by atoms with Gasteiger partial charge in [0, 0.05) is 30.8 Å². The summed E-state index contributed by atoms with van der Waals surface area (Å²) in [5, 5.41) is 15.8. The molecule has 2 atom stereocenters. The van der Waals surface area contributed by atoms with Gasteiger partial charge in [0.25, 0.3) is 0 Å². The second-order valence-corrected chi connectivity index (χ2v) is 6.14. The molecule has 0 aliphatic carbocycles. The van der Waals surface area contributed by atoms with Gasteiger partial charge in [-0.05, 0) is 18.6 Å². The van der Waals surface area contributed by atoms with Crippen molar-refractivity contribution in [3.63, 3.8) is 0 Å². The molecule has 1 aliphatic rings. The first-order valence-electron chi connectivity index (χ1n) is 7.73. The first-order valence-corrected chi connectivity index (χ1v) is 8.11. The lowest BCUT2D eigenvalue weighted by molar-refractivity contribution is 0.0134. The molecule has 2 aromatic rings. The van der Waals surface area contributed by atoms with Crippen LogP contribution in [0.3, 0.4) is 0 Å². The van der Waals surface area contributed by atoms with Crippen molar-refractivity contribution in [2.45, 2.75) is 12.5 Å². The van der Waals surface area contributed by atoms with E-state index in [1.165, 1.54) is 23.0 Å².